The number of carbonyl (C=O) groups is 1. The Morgan fingerprint density at radius 2 is 1.95 bits per heavy atom. The summed E-state index contributed by atoms with van der Waals surface area (Å²) in [5.41, 5.74) is 2.57. The van der Waals surface area contributed by atoms with E-state index in [-0.39, 0.29) is 5.91 Å². The van der Waals surface area contributed by atoms with E-state index in [0.717, 1.165) is 21.5 Å². The van der Waals surface area contributed by atoms with Crippen molar-refractivity contribution in [3.63, 3.8) is 0 Å². The first-order chi connectivity index (χ1) is 10.2. The molecule has 0 atom stereocenters. The minimum absolute atomic E-state index is 0.0787. The average Bonchev–Trinajstić information content (AvgIpc) is 2.89. The Hall–Kier alpha value is -2.20. The topological polar surface area (TPSA) is 34.0 Å². The fraction of sp³-hybridized carbons (Fsp3) is 0.118. The summed E-state index contributed by atoms with van der Waals surface area (Å²) < 4.78 is 2.01. The first kappa shape index (κ1) is 13.8. The molecular weight excluding hydrogens is 280 g/mol. The van der Waals surface area contributed by atoms with Crippen LogP contribution in [-0.4, -0.2) is 16.7 Å². The Morgan fingerprint density at radius 1 is 1.14 bits per heavy atom. The number of anilines is 1. The number of hydrogen-bond acceptors (Lipinski definition) is 2. The molecule has 0 aliphatic rings. The number of hydrogen-bond donors (Lipinski definition) is 1. The smallest absolute Gasteiger partial charge is 0.256 e. The molecule has 0 radical (unpaired) electrons. The predicted octanol–water partition coefficient (Wildman–Crippen LogP) is 4.15. The van der Waals surface area contributed by atoms with E-state index in [4.69, 9.17) is 0 Å². The minimum atomic E-state index is -0.0787. The number of fused-ring (bicyclic) bond motifs is 1. The second kappa shape index (κ2) is 5.66. The van der Waals surface area contributed by atoms with Crippen molar-refractivity contribution in [3.05, 3.63) is 60.3 Å². The van der Waals surface area contributed by atoms with Crippen LogP contribution in [0.1, 0.15) is 10.4 Å². The summed E-state index contributed by atoms with van der Waals surface area (Å²) in [6.07, 6.45) is 3.99. The first-order valence-electron chi connectivity index (χ1n) is 6.68. The van der Waals surface area contributed by atoms with Crippen LogP contribution in [0.25, 0.3) is 10.9 Å². The number of benzene rings is 2. The highest BCUT2D eigenvalue weighted by molar-refractivity contribution is 7.98. The number of aryl methyl sites for hydroxylation is 1. The molecule has 0 aliphatic carbocycles. The van der Waals surface area contributed by atoms with E-state index in [9.17, 15) is 4.79 Å². The summed E-state index contributed by atoms with van der Waals surface area (Å²) in [6.45, 7) is 0. The zero-order valence-electron chi connectivity index (χ0n) is 12.0. The molecule has 0 saturated carbocycles. The van der Waals surface area contributed by atoms with E-state index in [1.54, 1.807) is 11.8 Å². The summed E-state index contributed by atoms with van der Waals surface area (Å²) in [6, 6.07) is 15.6. The van der Waals surface area contributed by atoms with Crippen LogP contribution in [0, 0.1) is 0 Å². The number of nitrogens with one attached hydrogen (secondary N) is 1. The highest BCUT2D eigenvalue weighted by atomic mass is 32.2. The Balaban J connectivity index is 1.93. The molecule has 4 heteroatoms. The third-order valence-corrected chi connectivity index (χ3v) is 4.23. The van der Waals surface area contributed by atoms with E-state index < -0.39 is 0 Å². The molecule has 1 N–H and O–H groups in total. The van der Waals surface area contributed by atoms with Gasteiger partial charge >= 0.3 is 0 Å². The van der Waals surface area contributed by atoms with Crippen LogP contribution in [0.3, 0.4) is 0 Å². The van der Waals surface area contributed by atoms with Crippen molar-refractivity contribution >= 4 is 34.3 Å². The van der Waals surface area contributed by atoms with Crippen molar-refractivity contribution in [2.24, 2.45) is 7.05 Å². The molecule has 0 bridgehead atoms. The van der Waals surface area contributed by atoms with Crippen molar-refractivity contribution in [2.45, 2.75) is 4.90 Å². The molecule has 0 spiro atoms. The molecule has 3 rings (SSSR count). The highest BCUT2D eigenvalue weighted by Gasteiger charge is 2.11. The van der Waals surface area contributed by atoms with Gasteiger partial charge in [0.05, 0.1) is 0 Å². The molecule has 1 heterocycles. The molecule has 21 heavy (non-hydrogen) atoms. The van der Waals surface area contributed by atoms with Crippen LogP contribution in [0.2, 0.25) is 0 Å². The number of nitrogens with zero attached hydrogens (tertiary/aromatic N) is 1. The SMILES string of the molecule is CSc1cccc(NC(=O)c2cccc3c2ccn3C)c1. The predicted molar refractivity (Wildman–Crippen MR) is 89.1 cm³/mol. The van der Waals surface area contributed by atoms with E-state index in [1.807, 2.05) is 72.6 Å². The van der Waals surface area contributed by atoms with Crippen LogP contribution < -0.4 is 5.32 Å². The fourth-order valence-electron chi connectivity index (χ4n) is 2.40. The maximum absolute atomic E-state index is 12.5. The second-order valence-corrected chi connectivity index (χ2v) is 5.73. The molecule has 2 aromatic carbocycles. The van der Waals surface area contributed by atoms with E-state index in [1.165, 1.54) is 0 Å². The van der Waals surface area contributed by atoms with Gasteiger partial charge in [-0.15, -0.1) is 11.8 Å². The van der Waals surface area contributed by atoms with Crippen molar-refractivity contribution in [3.8, 4) is 0 Å². The normalized spacial score (nSPS) is 10.8. The van der Waals surface area contributed by atoms with Crippen LogP contribution in [0.4, 0.5) is 5.69 Å². The molecule has 1 amide bonds. The molecule has 3 nitrogen and oxygen atoms in total. The number of aromatic nitrogens is 1. The Bertz CT molecular complexity index is 807. The second-order valence-electron chi connectivity index (χ2n) is 4.85. The monoisotopic (exact) mass is 296 g/mol. The quantitative estimate of drug-likeness (QED) is 0.737. The summed E-state index contributed by atoms with van der Waals surface area (Å²) >= 11 is 1.66. The zero-order chi connectivity index (χ0) is 14.8. The van der Waals surface area contributed by atoms with Crippen LogP contribution in [-0.2, 0) is 7.05 Å². The van der Waals surface area contributed by atoms with Crippen LogP contribution >= 0.6 is 11.8 Å². The lowest BCUT2D eigenvalue weighted by Crippen LogP contribution is -2.12. The van der Waals surface area contributed by atoms with Gasteiger partial charge in [-0.2, -0.15) is 0 Å². The van der Waals surface area contributed by atoms with Gasteiger partial charge in [0.15, 0.2) is 0 Å². The summed E-state index contributed by atoms with van der Waals surface area (Å²) in [7, 11) is 1.98. The van der Waals surface area contributed by atoms with Gasteiger partial charge in [-0.05, 0) is 42.7 Å². The molecule has 3 aromatic rings. The standard InChI is InChI=1S/C17H16N2OS/c1-19-10-9-14-15(7-4-8-16(14)19)17(20)18-12-5-3-6-13(11-12)21-2/h3-11H,1-2H3,(H,18,20). The molecule has 0 aliphatic heterocycles. The Morgan fingerprint density at radius 3 is 2.76 bits per heavy atom. The van der Waals surface area contributed by atoms with Crippen molar-refractivity contribution in [1.29, 1.82) is 0 Å². The average molecular weight is 296 g/mol. The highest BCUT2D eigenvalue weighted by Crippen LogP contribution is 2.22. The molecule has 1 aromatic heterocycles. The summed E-state index contributed by atoms with van der Waals surface area (Å²) in [5.74, 6) is -0.0787. The molecule has 0 fully saturated rings. The van der Waals surface area contributed by atoms with Gasteiger partial charge in [0.2, 0.25) is 0 Å². The molecule has 0 unspecified atom stereocenters. The lowest BCUT2D eigenvalue weighted by Gasteiger charge is -2.08. The number of amides is 1. The Labute approximate surface area is 128 Å². The van der Waals surface area contributed by atoms with Gasteiger partial charge in [-0.3, -0.25) is 4.79 Å². The van der Waals surface area contributed by atoms with E-state index >= 15 is 0 Å². The minimum Gasteiger partial charge on any atom is -0.351 e. The lowest BCUT2D eigenvalue weighted by molar-refractivity contribution is 0.102. The third kappa shape index (κ3) is 2.67. The fourth-order valence-corrected chi connectivity index (χ4v) is 2.86. The third-order valence-electron chi connectivity index (χ3n) is 3.50. The van der Waals surface area contributed by atoms with Gasteiger partial charge in [0.25, 0.3) is 5.91 Å². The summed E-state index contributed by atoms with van der Waals surface area (Å²) in [5, 5.41) is 3.94. The van der Waals surface area contributed by atoms with Crippen molar-refractivity contribution < 1.29 is 4.79 Å². The van der Waals surface area contributed by atoms with Gasteiger partial charge in [-0.25, -0.2) is 0 Å². The lowest BCUT2D eigenvalue weighted by atomic mass is 10.1. The largest absolute Gasteiger partial charge is 0.351 e. The number of rotatable bonds is 3. The molecule has 0 saturated heterocycles. The first-order valence-corrected chi connectivity index (χ1v) is 7.91. The van der Waals surface area contributed by atoms with Crippen molar-refractivity contribution in [1.82, 2.24) is 4.57 Å². The van der Waals surface area contributed by atoms with Gasteiger partial charge in [0.1, 0.15) is 0 Å². The van der Waals surface area contributed by atoms with Gasteiger partial charge < -0.3 is 9.88 Å². The van der Waals surface area contributed by atoms with Gasteiger partial charge in [0, 0.05) is 40.3 Å². The van der Waals surface area contributed by atoms with Crippen LogP contribution in [0.15, 0.2) is 59.6 Å². The van der Waals surface area contributed by atoms with E-state index in [2.05, 4.69) is 5.32 Å². The molecular formula is C17H16N2OS. The van der Waals surface area contributed by atoms with E-state index in [0.29, 0.717) is 5.56 Å². The number of carbonyl (C=O) groups excluding carboxylic acids is 1. The maximum atomic E-state index is 12.5. The van der Waals surface area contributed by atoms with Gasteiger partial charge in [-0.1, -0.05) is 12.1 Å². The maximum Gasteiger partial charge on any atom is 0.256 e. The molecule has 106 valence electrons. The number of thioether (sulfide) groups is 1. The van der Waals surface area contributed by atoms with Crippen LogP contribution in [0.5, 0.6) is 0 Å². The zero-order valence-corrected chi connectivity index (χ0v) is 12.8. The summed E-state index contributed by atoms with van der Waals surface area (Å²) in [4.78, 5) is 13.6. The van der Waals surface area contributed by atoms with Crippen molar-refractivity contribution in [2.75, 3.05) is 11.6 Å². The Kier molecular flexibility index (Phi) is 3.71.